The molecule has 34 heavy (non-hydrogen) atoms. The number of nitrogens with one attached hydrogen (secondary N) is 1. The predicted octanol–water partition coefficient (Wildman–Crippen LogP) is 5.20. The van der Waals surface area contributed by atoms with Gasteiger partial charge in [-0.3, -0.25) is 4.79 Å². The Labute approximate surface area is 197 Å². The summed E-state index contributed by atoms with van der Waals surface area (Å²) in [5, 5.41) is 3.62. The Morgan fingerprint density at radius 3 is 2.71 bits per heavy atom. The van der Waals surface area contributed by atoms with Crippen molar-refractivity contribution in [2.45, 2.75) is 52.4 Å². The topological polar surface area (TPSA) is 81.0 Å². The van der Waals surface area contributed by atoms with E-state index in [1.165, 1.54) is 6.07 Å². The fraction of sp³-hybridized carbons (Fsp3) is 0.385. The second kappa shape index (κ2) is 9.37. The number of halogens is 1. The summed E-state index contributed by atoms with van der Waals surface area (Å²) in [5.41, 5.74) is 0.849. The minimum Gasteiger partial charge on any atom is -0.489 e. The van der Waals surface area contributed by atoms with E-state index in [1.54, 1.807) is 48.2 Å². The van der Waals surface area contributed by atoms with E-state index >= 15 is 0 Å². The van der Waals surface area contributed by atoms with Gasteiger partial charge >= 0.3 is 6.09 Å². The van der Waals surface area contributed by atoms with Gasteiger partial charge in [-0.1, -0.05) is 18.2 Å². The SMILES string of the molecule is Cc1oc2ccc(OCc3ccccc3F)cc2c1C(=O)N[C@H]1CCN(C(=O)OC(C)(C)C)C1. The van der Waals surface area contributed by atoms with E-state index in [4.69, 9.17) is 13.9 Å². The Morgan fingerprint density at radius 1 is 1.21 bits per heavy atom. The van der Waals surface area contributed by atoms with E-state index in [1.807, 2.05) is 20.8 Å². The summed E-state index contributed by atoms with van der Waals surface area (Å²) in [4.78, 5) is 27.1. The molecule has 3 aromatic rings. The van der Waals surface area contributed by atoms with Crippen LogP contribution in [0.2, 0.25) is 0 Å². The number of nitrogens with zero attached hydrogens (tertiary/aromatic N) is 1. The molecule has 2 aromatic carbocycles. The van der Waals surface area contributed by atoms with Crippen molar-refractivity contribution < 1.29 is 27.9 Å². The van der Waals surface area contributed by atoms with E-state index in [0.29, 0.717) is 53.1 Å². The lowest BCUT2D eigenvalue weighted by Gasteiger charge is -2.24. The van der Waals surface area contributed by atoms with E-state index in [-0.39, 0.29) is 30.5 Å². The zero-order chi connectivity index (χ0) is 24.5. The van der Waals surface area contributed by atoms with Gasteiger partial charge in [0.2, 0.25) is 0 Å². The molecule has 2 heterocycles. The van der Waals surface area contributed by atoms with Crippen LogP contribution in [0.25, 0.3) is 11.0 Å². The average molecular weight is 469 g/mol. The monoisotopic (exact) mass is 468 g/mol. The Hall–Kier alpha value is -3.55. The molecule has 0 unspecified atom stereocenters. The molecule has 1 aliphatic heterocycles. The number of aryl methyl sites for hydroxylation is 1. The van der Waals surface area contributed by atoms with E-state index in [2.05, 4.69) is 5.32 Å². The van der Waals surface area contributed by atoms with Gasteiger partial charge in [0.15, 0.2) is 0 Å². The number of hydrogen-bond acceptors (Lipinski definition) is 5. The average Bonchev–Trinajstić information content (AvgIpc) is 3.35. The van der Waals surface area contributed by atoms with Crippen LogP contribution in [0.1, 0.15) is 48.9 Å². The molecule has 1 aromatic heterocycles. The van der Waals surface area contributed by atoms with Gasteiger partial charge < -0.3 is 24.1 Å². The Balaban J connectivity index is 1.45. The van der Waals surface area contributed by atoms with Gasteiger partial charge in [0.25, 0.3) is 5.91 Å². The number of rotatable bonds is 5. The normalized spacial score (nSPS) is 16.0. The minimum absolute atomic E-state index is 0.0686. The molecule has 2 amide bonds. The molecule has 0 spiro atoms. The summed E-state index contributed by atoms with van der Waals surface area (Å²) in [6.45, 7) is 8.16. The third-order valence-electron chi connectivity index (χ3n) is 5.59. The standard InChI is InChI=1S/C26H29FN2O5/c1-16-23(24(30)28-18-11-12-29(14-18)25(31)34-26(2,3)4)20-13-19(9-10-22(20)33-16)32-15-17-7-5-6-8-21(17)27/h5-10,13,18H,11-12,14-15H2,1-4H3,(H,28,30)/t18-/m0/s1. The van der Waals surface area contributed by atoms with Crippen LogP contribution in [0, 0.1) is 12.7 Å². The first-order chi connectivity index (χ1) is 16.1. The molecule has 0 aliphatic carbocycles. The summed E-state index contributed by atoms with van der Waals surface area (Å²) >= 11 is 0. The third-order valence-corrected chi connectivity index (χ3v) is 5.59. The molecule has 4 rings (SSSR count). The van der Waals surface area contributed by atoms with Crippen molar-refractivity contribution in [1.82, 2.24) is 10.2 Å². The van der Waals surface area contributed by atoms with Gasteiger partial charge in [0, 0.05) is 30.1 Å². The van der Waals surface area contributed by atoms with Crippen LogP contribution in [0.5, 0.6) is 5.75 Å². The van der Waals surface area contributed by atoms with Crippen LogP contribution in [0.15, 0.2) is 46.9 Å². The van der Waals surface area contributed by atoms with Crippen LogP contribution >= 0.6 is 0 Å². The first-order valence-corrected chi connectivity index (χ1v) is 11.3. The van der Waals surface area contributed by atoms with Crippen LogP contribution < -0.4 is 10.1 Å². The Morgan fingerprint density at radius 2 is 1.97 bits per heavy atom. The molecular weight excluding hydrogens is 439 g/mol. The molecule has 1 atom stereocenters. The molecular formula is C26H29FN2O5. The largest absolute Gasteiger partial charge is 0.489 e. The van der Waals surface area contributed by atoms with E-state index in [0.717, 1.165) is 0 Å². The molecule has 7 nitrogen and oxygen atoms in total. The van der Waals surface area contributed by atoms with Gasteiger partial charge in [0.1, 0.15) is 35.1 Å². The minimum atomic E-state index is -0.572. The van der Waals surface area contributed by atoms with Crippen molar-refractivity contribution in [3.05, 3.63) is 65.2 Å². The Bertz CT molecular complexity index is 1210. The highest BCUT2D eigenvalue weighted by Crippen LogP contribution is 2.30. The number of ether oxygens (including phenoxy) is 2. The molecule has 1 N–H and O–H groups in total. The summed E-state index contributed by atoms with van der Waals surface area (Å²) in [6, 6.07) is 11.4. The predicted molar refractivity (Wildman–Crippen MR) is 125 cm³/mol. The van der Waals surface area contributed by atoms with Crippen LogP contribution in [0.3, 0.4) is 0 Å². The van der Waals surface area contributed by atoms with Crippen molar-refractivity contribution in [1.29, 1.82) is 0 Å². The number of amides is 2. The molecule has 8 heteroatoms. The first kappa shape index (κ1) is 23.6. The van der Waals surface area contributed by atoms with Crippen molar-refractivity contribution in [3.63, 3.8) is 0 Å². The number of likely N-dealkylation sites (tertiary alicyclic amines) is 1. The van der Waals surface area contributed by atoms with Crippen LogP contribution in [-0.2, 0) is 11.3 Å². The lowest BCUT2D eigenvalue weighted by molar-refractivity contribution is 0.0290. The van der Waals surface area contributed by atoms with E-state index in [9.17, 15) is 14.0 Å². The second-order valence-corrected chi connectivity index (χ2v) is 9.46. The maximum absolute atomic E-state index is 13.9. The fourth-order valence-corrected chi connectivity index (χ4v) is 3.98. The quantitative estimate of drug-likeness (QED) is 0.557. The number of hydrogen-bond donors (Lipinski definition) is 1. The smallest absolute Gasteiger partial charge is 0.410 e. The highest BCUT2D eigenvalue weighted by molar-refractivity contribution is 6.07. The maximum Gasteiger partial charge on any atom is 0.410 e. The number of benzene rings is 2. The zero-order valence-corrected chi connectivity index (χ0v) is 19.8. The molecule has 1 saturated heterocycles. The summed E-state index contributed by atoms with van der Waals surface area (Å²) in [5.74, 6) is 0.377. The molecule has 0 saturated carbocycles. The Kier molecular flexibility index (Phi) is 6.50. The van der Waals surface area contributed by atoms with Gasteiger partial charge in [0.05, 0.1) is 5.56 Å². The van der Waals surface area contributed by atoms with E-state index < -0.39 is 5.60 Å². The number of furan rings is 1. The molecule has 0 bridgehead atoms. The molecule has 180 valence electrons. The van der Waals surface area contributed by atoms with Crippen LogP contribution in [0.4, 0.5) is 9.18 Å². The molecule has 1 aliphatic rings. The summed E-state index contributed by atoms with van der Waals surface area (Å²) in [6.07, 6.45) is 0.252. The van der Waals surface area contributed by atoms with Crippen molar-refractivity contribution in [2.75, 3.05) is 13.1 Å². The number of carbonyl (C=O) groups is 2. The number of fused-ring (bicyclic) bond motifs is 1. The first-order valence-electron chi connectivity index (χ1n) is 11.3. The molecule has 0 radical (unpaired) electrons. The fourth-order valence-electron chi connectivity index (χ4n) is 3.98. The molecule has 1 fully saturated rings. The van der Waals surface area contributed by atoms with Gasteiger partial charge in [-0.25, -0.2) is 9.18 Å². The number of carbonyl (C=O) groups excluding carboxylic acids is 2. The zero-order valence-electron chi connectivity index (χ0n) is 19.8. The second-order valence-electron chi connectivity index (χ2n) is 9.46. The lowest BCUT2D eigenvalue weighted by atomic mass is 10.1. The lowest BCUT2D eigenvalue weighted by Crippen LogP contribution is -2.40. The van der Waals surface area contributed by atoms with Gasteiger partial charge in [-0.05, 0) is 58.4 Å². The van der Waals surface area contributed by atoms with Crippen molar-refractivity contribution in [2.24, 2.45) is 0 Å². The van der Waals surface area contributed by atoms with Crippen LogP contribution in [-0.4, -0.2) is 41.6 Å². The van der Waals surface area contributed by atoms with Crippen molar-refractivity contribution >= 4 is 23.0 Å². The van der Waals surface area contributed by atoms with Gasteiger partial charge in [-0.2, -0.15) is 0 Å². The third kappa shape index (κ3) is 5.32. The maximum atomic E-state index is 13.9. The highest BCUT2D eigenvalue weighted by atomic mass is 19.1. The summed E-state index contributed by atoms with van der Waals surface area (Å²) in [7, 11) is 0. The summed E-state index contributed by atoms with van der Waals surface area (Å²) < 4.78 is 30.9. The van der Waals surface area contributed by atoms with Gasteiger partial charge in [-0.15, -0.1) is 0 Å². The van der Waals surface area contributed by atoms with Crippen molar-refractivity contribution in [3.8, 4) is 5.75 Å². The highest BCUT2D eigenvalue weighted by Gasteiger charge is 2.31.